The molecule has 1 amide bonds. The Hall–Kier alpha value is -1.31. The molecule has 0 bridgehead atoms. The van der Waals surface area contributed by atoms with Crippen molar-refractivity contribution in [2.45, 2.75) is 13.0 Å². The highest BCUT2D eigenvalue weighted by Crippen LogP contribution is 2.18. The van der Waals surface area contributed by atoms with Crippen LogP contribution in [0.2, 0.25) is 0 Å². The average Bonchev–Trinajstić information content (AvgIpc) is 2.29. The van der Waals surface area contributed by atoms with Crippen molar-refractivity contribution in [3.05, 3.63) is 34.3 Å². The summed E-state index contributed by atoms with van der Waals surface area (Å²) in [5.74, 6) is 4.68. The van der Waals surface area contributed by atoms with Crippen molar-refractivity contribution in [2.75, 3.05) is 13.6 Å². The SMILES string of the molecule is CC#CC(=O)N(C)CC(O)c1cccc(Br)c1. The van der Waals surface area contributed by atoms with E-state index in [-0.39, 0.29) is 12.5 Å². The molecule has 1 N–H and O–H groups in total. The van der Waals surface area contributed by atoms with Crippen LogP contribution in [0.5, 0.6) is 0 Å². The molecule has 1 aromatic carbocycles. The van der Waals surface area contributed by atoms with Gasteiger partial charge < -0.3 is 10.0 Å². The molecule has 1 aromatic rings. The number of aliphatic hydroxyl groups excluding tert-OH is 1. The summed E-state index contributed by atoms with van der Waals surface area (Å²) >= 11 is 3.34. The molecule has 0 spiro atoms. The van der Waals surface area contributed by atoms with Gasteiger partial charge in [-0.15, -0.1) is 0 Å². The van der Waals surface area contributed by atoms with Crippen molar-refractivity contribution in [3.8, 4) is 11.8 Å². The third-order valence-corrected chi connectivity index (χ3v) is 2.75. The summed E-state index contributed by atoms with van der Waals surface area (Å²) in [6, 6.07) is 7.37. The second kappa shape index (κ2) is 6.43. The number of carbonyl (C=O) groups is 1. The first kappa shape index (κ1) is 13.8. The van der Waals surface area contributed by atoms with E-state index in [2.05, 4.69) is 27.8 Å². The number of halogens is 1. The maximum absolute atomic E-state index is 11.4. The molecule has 90 valence electrons. The first-order valence-electron chi connectivity index (χ1n) is 5.16. The summed E-state index contributed by atoms with van der Waals surface area (Å²) in [4.78, 5) is 12.8. The Morgan fingerprint density at radius 2 is 2.29 bits per heavy atom. The van der Waals surface area contributed by atoms with E-state index in [0.717, 1.165) is 10.0 Å². The van der Waals surface area contributed by atoms with Gasteiger partial charge in [-0.25, -0.2) is 0 Å². The number of aliphatic hydroxyl groups is 1. The summed E-state index contributed by atoms with van der Waals surface area (Å²) < 4.78 is 0.899. The van der Waals surface area contributed by atoms with Crippen LogP contribution in [-0.2, 0) is 4.79 Å². The predicted octanol–water partition coefficient (Wildman–Crippen LogP) is 1.96. The second-order valence-electron chi connectivity index (χ2n) is 3.63. The fourth-order valence-corrected chi connectivity index (χ4v) is 1.78. The van der Waals surface area contributed by atoms with Crippen molar-refractivity contribution in [1.82, 2.24) is 4.90 Å². The van der Waals surface area contributed by atoms with Gasteiger partial charge in [-0.1, -0.05) is 34.0 Å². The van der Waals surface area contributed by atoms with E-state index >= 15 is 0 Å². The zero-order valence-corrected chi connectivity index (χ0v) is 11.4. The normalized spacial score (nSPS) is 11.3. The molecule has 0 heterocycles. The van der Waals surface area contributed by atoms with Gasteiger partial charge in [0, 0.05) is 11.5 Å². The Balaban J connectivity index is 2.68. The maximum Gasteiger partial charge on any atom is 0.298 e. The van der Waals surface area contributed by atoms with Crippen LogP contribution in [0.3, 0.4) is 0 Å². The zero-order chi connectivity index (χ0) is 12.8. The van der Waals surface area contributed by atoms with Gasteiger partial charge in [0.2, 0.25) is 0 Å². The first-order valence-corrected chi connectivity index (χ1v) is 5.95. The number of rotatable bonds is 3. The van der Waals surface area contributed by atoms with E-state index in [1.165, 1.54) is 4.90 Å². The van der Waals surface area contributed by atoms with Crippen LogP contribution >= 0.6 is 15.9 Å². The van der Waals surface area contributed by atoms with Gasteiger partial charge in [0.25, 0.3) is 5.91 Å². The highest BCUT2D eigenvalue weighted by atomic mass is 79.9. The molecule has 0 aliphatic rings. The van der Waals surface area contributed by atoms with Crippen molar-refractivity contribution in [3.63, 3.8) is 0 Å². The Morgan fingerprint density at radius 1 is 1.59 bits per heavy atom. The fraction of sp³-hybridized carbons (Fsp3) is 0.308. The van der Waals surface area contributed by atoms with Crippen LogP contribution < -0.4 is 0 Å². The molecule has 0 fully saturated rings. The molecule has 0 saturated carbocycles. The van der Waals surface area contributed by atoms with Crippen LogP contribution in [0, 0.1) is 11.8 Å². The number of carbonyl (C=O) groups excluding carboxylic acids is 1. The van der Waals surface area contributed by atoms with Gasteiger partial charge in [-0.2, -0.15) is 0 Å². The fourth-order valence-electron chi connectivity index (χ4n) is 1.36. The van der Waals surface area contributed by atoms with Crippen molar-refractivity contribution >= 4 is 21.8 Å². The lowest BCUT2D eigenvalue weighted by molar-refractivity contribution is -0.125. The van der Waals surface area contributed by atoms with Gasteiger partial charge in [-0.3, -0.25) is 4.79 Å². The van der Waals surface area contributed by atoms with E-state index in [1.54, 1.807) is 14.0 Å². The van der Waals surface area contributed by atoms with Crippen molar-refractivity contribution in [2.24, 2.45) is 0 Å². The summed E-state index contributed by atoms with van der Waals surface area (Å²) in [7, 11) is 1.62. The molecule has 4 heteroatoms. The van der Waals surface area contributed by atoms with Gasteiger partial charge in [-0.05, 0) is 30.5 Å². The Kier molecular flexibility index (Phi) is 5.20. The van der Waals surface area contributed by atoms with Gasteiger partial charge in [0.15, 0.2) is 0 Å². The van der Waals surface area contributed by atoms with E-state index in [1.807, 2.05) is 24.3 Å². The summed E-state index contributed by atoms with van der Waals surface area (Å²) in [6.45, 7) is 1.83. The van der Waals surface area contributed by atoms with E-state index < -0.39 is 6.10 Å². The molecular weight excluding hydrogens is 282 g/mol. The quantitative estimate of drug-likeness (QED) is 0.866. The van der Waals surface area contributed by atoms with Crippen LogP contribution in [-0.4, -0.2) is 29.5 Å². The van der Waals surface area contributed by atoms with Crippen molar-refractivity contribution < 1.29 is 9.90 Å². The van der Waals surface area contributed by atoms with Crippen LogP contribution in [0.1, 0.15) is 18.6 Å². The number of amides is 1. The first-order chi connectivity index (χ1) is 8.04. The monoisotopic (exact) mass is 295 g/mol. The zero-order valence-electron chi connectivity index (χ0n) is 9.77. The van der Waals surface area contributed by atoms with Crippen LogP contribution in [0.4, 0.5) is 0 Å². The van der Waals surface area contributed by atoms with Gasteiger partial charge >= 0.3 is 0 Å². The minimum absolute atomic E-state index is 0.226. The highest BCUT2D eigenvalue weighted by Gasteiger charge is 2.13. The second-order valence-corrected chi connectivity index (χ2v) is 4.55. The van der Waals surface area contributed by atoms with E-state index in [0.29, 0.717) is 0 Å². The molecule has 3 nitrogen and oxygen atoms in total. The predicted molar refractivity (Wildman–Crippen MR) is 70.2 cm³/mol. The number of likely N-dealkylation sites (N-methyl/N-ethyl adjacent to an activating group) is 1. The molecule has 0 aromatic heterocycles. The highest BCUT2D eigenvalue weighted by molar-refractivity contribution is 9.10. The standard InChI is InChI=1S/C13H14BrNO2/c1-3-5-13(17)15(2)9-12(16)10-6-4-7-11(14)8-10/h4,6-8,12,16H,9H2,1-2H3. The molecule has 1 unspecified atom stereocenters. The lowest BCUT2D eigenvalue weighted by Crippen LogP contribution is -2.29. The minimum Gasteiger partial charge on any atom is -0.387 e. The van der Waals surface area contributed by atoms with E-state index in [9.17, 15) is 9.90 Å². The summed E-state index contributed by atoms with van der Waals surface area (Å²) in [5, 5.41) is 9.97. The topological polar surface area (TPSA) is 40.5 Å². The van der Waals surface area contributed by atoms with Crippen molar-refractivity contribution in [1.29, 1.82) is 0 Å². The summed E-state index contributed by atoms with van der Waals surface area (Å²) in [6.07, 6.45) is -0.708. The molecule has 0 saturated heterocycles. The Bertz CT molecular complexity index is 462. The molecule has 1 atom stereocenters. The molecule has 0 aliphatic heterocycles. The third kappa shape index (κ3) is 4.22. The molecule has 17 heavy (non-hydrogen) atoms. The molecule has 0 radical (unpaired) electrons. The summed E-state index contributed by atoms with van der Waals surface area (Å²) in [5.41, 5.74) is 0.767. The number of benzene rings is 1. The van der Waals surface area contributed by atoms with Gasteiger partial charge in [0.05, 0.1) is 12.6 Å². The molecular formula is C13H14BrNO2. The van der Waals surface area contributed by atoms with Crippen LogP contribution in [0.15, 0.2) is 28.7 Å². The maximum atomic E-state index is 11.4. The minimum atomic E-state index is -0.708. The Labute approximate surface area is 110 Å². The largest absolute Gasteiger partial charge is 0.387 e. The van der Waals surface area contributed by atoms with E-state index in [4.69, 9.17) is 0 Å². The lowest BCUT2D eigenvalue weighted by Gasteiger charge is -2.19. The number of hydrogen-bond donors (Lipinski definition) is 1. The Morgan fingerprint density at radius 3 is 2.88 bits per heavy atom. The van der Waals surface area contributed by atoms with Crippen LogP contribution in [0.25, 0.3) is 0 Å². The lowest BCUT2D eigenvalue weighted by atomic mass is 10.1. The number of nitrogens with zero attached hydrogens (tertiary/aromatic N) is 1. The molecule has 0 aliphatic carbocycles. The number of hydrogen-bond acceptors (Lipinski definition) is 2. The molecule has 1 rings (SSSR count). The average molecular weight is 296 g/mol. The smallest absolute Gasteiger partial charge is 0.298 e. The van der Waals surface area contributed by atoms with Gasteiger partial charge in [0.1, 0.15) is 0 Å². The third-order valence-electron chi connectivity index (χ3n) is 2.26.